The van der Waals surface area contributed by atoms with Gasteiger partial charge in [-0.2, -0.15) is 0 Å². The topological polar surface area (TPSA) is 12.5 Å². The minimum absolute atomic E-state index is 0.194. The second kappa shape index (κ2) is 10.6. The van der Waals surface area contributed by atoms with Crippen LogP contribution in [-0.4, -0.2) is 19.5 Å². The molecule has 1 aliphatic heterocycles. The summed E-state index contributed by atoms with van der Waals surface area (Å²) < 4.78 is 38.2. The van der Waals surface area contributed by atoms with Crippen LogP contribution >= 0.6 is 11.6 Å². The van der Waals surface area contributed by atoms with Crippen molar-refractivity contribution in [2.24, 2.45) is 0 Å². The molecule has 0 amide bonds. The molecular formula is C25H25ClF3NO. The van der Waals surface area contributed by atoms with Gasteiger partial charge >= 0.3 is 6.36 Å². The van der Waals surface area contributed by atoms with Crippen molar-refractivity contribution in [3.05, 3.63) is 83.4 Å². The van der Waals surface area contributed by atoms with Crippen LogP contribution in [0.2, 0.25) is 5.02 Å². The van der Waals surface area contributed by atoms with E-state index in [1.54, 1.807) is 6.07 Å². The molecule has 0 unspecified atom stereocenters. The molecule has 2 nitrogen and oxygen atoms in total. The lowest BCUT2D eigenvalue weighted by Crippen LogP contribution is -2.30. The summed E-state index contributed by atoms with van der Waals surface area (Å²) in [6.45, 7) is 4.57. The molecule has 0 saturated carbocycles. The molecule has 0 radical (unpaired) electrons. The number of para-hydroxylation sites is 1. The molecule has 0 atom stereocenters. The molecule has 0 N–H and O–H groups in total. The number of hydrogen-bond donors (Lipinski definition) is 0. The summed E-state index contributed by atoms with van der Waals surface area (Å²) in [5.41, 5.74) is 5.46. The zero-order valence-corrected chi connectivity index (χ0v) is 18.1. The number of halogens is 4. The van der Waals surface area contributed by atoms with Gasteiger partial charge in [0.2, 0.25) is 0 Å². The van der Waals surface area contributed by atoms with Crippen LogP contribution in [0.1, 0.15) is 25.3 Å². The average molecular weight is 448 g/mol. The number of benzene rings is 3. The van der Waals surface area contributed by atoms with Crippen molar-refractivity contribution in [1.29, 1.82) is 0 Å². The number of anilines is 1. The van der Waals surface area contributed by atoms with E-state index in [9.17, 15) is 13.2 Å². The molecule has 1 aliphatic rings. The van der Waals surface area contributed by atoms with Gasteiger partial charge in [0.1, 0.15) is 5.75 Å². The molecule has 0 fully saturated rings. The van der Waals surface area contributed by atoms with Crippen molar-refractivity contribution >= 4 is 17.3 Å². The molecule has 6 heteroatoms. The van der Waals surface area contributed by atoms with E-state index in [0.29, 0.717) is 0 Å². The smallest absolute Gasteiger partial charge is 0.406 e. The van der Waals surface area contributed by atoms with Crippen molar-refractivity contribution < 1.29 is 17.9 Å². The number of alkyl halides is 3. The van der Waals surface area contributed by atoms with Crippen LogP contribution in [-0.2, 0) is 6.42 Å². The fraction of sp³-hybridized carbons (Fsp3) is 0.280. The number of rotatable bonds is 4. The number of nitrogens with zero attached hydrogens (tertiary/aromatic N) is 1. The van der Waals surface area contributed by atoms with Crippen LogP contribution in [0.4, 0.5) is 18.9 Å². The Morgan fingerprint density at radius 2 is 1.71 bits per heavy atom. The lowest BCUT2D eigenvalue weighted by molar-refractivity contribution is -0.274. The van der Waals surface area contributed by atoms with E-state index in [0.717, 1.165) is 18.0 Å². The van der Waals surface area contributed by atoms with Crippen LogP contribution in [0.25, 0.3) is 11.1 Å². The van der Waals surface area contributed by atoms with E-state index < -0.39 is 6.36 Å². The van der Waals surface area contributed by atoms with Gasteiger partial charge in [-0.05, 0) is 66.3 Å². The van der Waals surface area contributed by atoms with Crippen LogP contribution in [0.3, 0.4) is 0 Å². The molecule has 4 rings (SSSR count). The maximum absolute atomic E-state index is 11.5. The minimum atomic E-state index is -4.60. The van der Waals surface area contributed by atoms with Gasteiger partial charge in [-0.25, -0.2) is 0 Å². The highest BCUT2D eigenvalue weighted by molar-refractivity contribution is 6.30. The third-order valence-electron chi connectivity index (χ3n) is 4.95. The Bertz CT molecular complexity index is 976. The van der Waals surface area contributed by atoms with E-state index >= 15 is 0 Å². The summed E-state index contributed by atoms with van der Waals surface area (Å²) in [6, 6.07) is 21.9. The van der Waals surface area contributed by atoms with E-state index in [1.807, 2.05) is 12.1 Å². The predicted octanol–water partition coefficient (Wildman–Crippen LogP) is 7.75. The second-order valence-corrected chi connectivity index (χ2v) is 7.70. The third kappa shape index (κ3) is 6.66. The van der Waals surface area contributed by atoms with Crippen molar-refractivity contribution in [2.45, 2.75) is 32.5 Å². The predicted molar refractivity (Wildman–Crippen MR) is 121 cm³/mol. The molecule has 31 heavy (non-hydrogen) atoms. The summed E-state index contributed by atoms with van der Waals surface area (Å²) in [5, 5.41) is 0.807. The molecular weight excluding hydrogens is 423 g/mol. The van der Waals surface area contributed by atoms with E-state index in [2.05, 4.69) is 46.9 Å². The Kier molecular flexibility index (Phi) is 7.85. The number of ether oxygens (including phenoxy) is 1. The highest BCUT2D eigenvalue weighted by Crippen LogP contribution is 2.36. The van der Waals surface area contributed by atoms with Gasteiger partial charge in [-0.15, -0.1) is 13.2 Å². The molecule has 0 aliphatic carbocycles. The Balaban J connectivity index is 0.000000210. The molecule has 0 bridgehead atoms. The summed E-state index contributed by atoms with van der Waals surface area (Å²) in [5.74, 6) is -0.194. The van der Waals surface area contributed by atoms with Crippen LogP contribution in [0.5, 0.6) is 5.75 Å². The number of fused-ring (bicyclic) bond motifs is 1. The molecule has 3 aromatic carbocycles. The molecule has 3 aromatic rings. The molecule has 164 valence electrons. The van der Waals surface area contributed by atoms with Gasteiger partial charge in [-0.3, -0.25) is 0 Å². The Morgan fingerprint density at radius 1 is 0.968 bits per heavy atom. The summed E-state index contributed by atoms with van der Waals surface area (Å²) >= 11 is 6.15. The van der Waals surface area contributed by atoms with Gasteiger partial charge in [-0.1, -0.05) is 61.0 Å². The van der Waals surface area contributed by atoms with Gasteiger partial charge < -0.3 is 9.64 Å². The zero-order valence-electron chi connectivity index (χ0n) is 17.3. The second-order valence-electron chi connectivity index (χ2n) is 7.27. The van der Waals surface area contributed by atoms with E-state index in [-0.39, 0.29) is 5.75 Å². The third-order valence-corrected chi connectivity index (χ3v) is 5.19. The van der Waals surface area contributed by atoms with Gasteiger partial charge in [0.25, 0.3) is 0 Å². The fourth-order valence-electron chi connectivity index (χ4n) is 3.75. The Hall–Kier alpha value is -2.66. The average Bonchev–Trinajstić information content (AvgIpc) is 2.74. The lowest BCUT2D eigenvalue weighted by Gasteiger charge is -2.32. The fourth-order valence-corrected chi connectivity index (χ4v) is 3.94. The molecule has 0 saturated heterocycles. The minimum Gasteiger partial charge on any atom is -0.406 e. The maximum atomic E-state index is 11.5. The van der Waals surface area contributed by atoms with Gasteiger partial charge in [0, 0.05) is 23.8 Å². The van der Waals surface area contributed by atoms with Gasteiger partial charge in [0.05, 0.1) is 0 Å². The number of hydrogen-bond acceptors (Lipinski definition) is 2. The normalized spacial score (nSPS) is 13.1. The maximum Gasteiger partial charge on any atom is 0.573 e. The molecule has 0 spiro atoms. The van der Waals surface area contributed by atoms with Gasteiger partial charge in [0.15, 0.2) is 0 Å². The SMILES string of the molecule is CCCN1CCCc2c(-c3cccc(Cl)c3)cccc21.FC(F)(F)Oc1ccccc1. The standard InChI is InChI=1S/C18H20ClN.C7H5F3O/c1-2-11-20-12-5-9-17-16(8-4-10-18(17)20)14-6-3-7-15(19)13-14;8-7(9,10)11-6-4-2-1-3-5-6/h3-4,6-8,10,13H,2,5,9,11-12H2,1H3;1-5H. The first-order chi connectivity index (χ1) is 14.9. The van der Waals surface area contributed by atoms with E-state index in [4.69, 9.17) is 11.6 Å². The first-order valence-corrected chi connectivity index (χ1v) is 10.7. The van der Waals surface area contributed by atoms with Crippen molar-refractivity contribution in [3.63, 3.8) is 0 Å². The lowest BCUT2D eigenvalue weighted by atomic mass is 9.92. The zero-order chi connectivity index (χ0) is 22.3. The quantitative estimate of drug-likeness (QED) is 0.405. The van der Waals surface area contributed by atoms with Crippen molar-refractivity contribution in [3.8, 4) is 16.9 Å². The highest BCUT2D eigenvalue weighted by atomic mass is 35.5. The van der Waals surface area contributed by atoms with Crippen molar-refractivity contribution in [2.75, 3.05) is 18.0 Å². The van der Waals surface area contributed by atoms with Crippen LogP contribution in [0.15, 0.2) is 72.8 Å². The largest absolute Gasteiger partial charge is 0.573 e. The Morgan fingerprint density at radius 3 is 2.39 bits per heavy atom. The summed E-state index contributed by atoms with van der Waals surface area (Å²) in [7, 11) is 0. The van der Waals surface area contributed by atoms with E-state index in [1.165, 1.54) is 66.0 Å². The van der Waals surface area contributed by atoms with Crippen LogP contribution in [0, 0.1) is 0 Å². The summed E-state index contributed by atoms with van der Waals surface area (Å²) in [4.78, 5) is 2.52. The molecule has 1 heterocycles. The first-order valence-electron chi connectivity index (χ1n) is 10.3. The highest BCUT2D eigenvalue weighted by Gasteiger charge is 2.30. The van der Waals surface area contributed by atoms with Crippen LogP contribution < -0.4 is 9.64 Å². The Labute approximate surface area is 186 Å². The first kappa shape index (κ1) is 23.0. The summed E-state index contributed by atoms with van der Waals surface area (Å²) in [6.07, 6.45) is -0.995. The molecule has 0 aromatic heterocycles. The monoisotopic (exact) mass is 447 g/mol. The van der Waals surface area contributed by atoms with Crippen molar-refractivity contribution in [1.82, 2.24) is 0 Å².